The lowest BCUT2D eigenvalue weighted by Crippen LogP contribution is -2.43. The molecule has 8 nitrogen and oxygen atoms in total. The van der Waals surface area contributed by atoms with Crippen LogP contribution in [0, 0.1) is 16.0 Å². The van der Waals surface area contributed by atoms with Gasteiger partial charge in [0, 0.05) is 17.2 Å². The third-order valence-corrected chi connectivity index (χ3v) is 7.80. The van der Waals surface area contributed by atoms with Crippen LogP contribution in [0.5, 0.6) is 0 Å². The number of anilines is 1. The third kappa shape index (κ3) is 3.37. The van der Waals surface area contributed by atoms with Crippen molar-refractivity contribution in [2.75, 3.05) is 5.32 Å². The van der Waals surface area contributed by atoms with Crippen molar-refractivity contribution in [2.24, 2.45) is 5.92 Å². The van der Waals surface area contributed by atoms with Crippen LogP contribution < -0.4 is 5.32 Å². The second-order valence-corrected chi connectivity index (χ2v) is 9.07. The molecule has 1 aliphatic heterocycles. The van der Waals surface area contributed by atoms with Crippen LogP contribution in [0.4, 0.5) is 11.4 Å². The molecule has 30 heavy (non-hydrogen) atoms. The summed E-state index contributed by atoms with van der Waals surface area (Å²) >= 11 is 8.07. The predicted molar refractivity (Wildman–Crippen MR) is 112 cm³/mol. The highest BCUT2D eigenvalue weighted by atomic mass is 35.5. The Bertz CT molecular complexity index is 1050. The van der Waals surface area contributed by atoms with Crippen LogP contribution in [-0.2, 0) is 4.79 Å². The van der Waals surface area contributed by atoms with Crippen molar-refractivity contribution >= 4 is 46.7 Å². The van der Waals surface area contributed by atoms with Gasteiger partial charge in [-0.2, -0.15) is 0 Å². The zero-order valence-electron chi connectivity index (χ0n) is 15.4. The van der Waals surface area contributed by atoms with Gasteiger partial charge >= 0.3 is 11.9 Å². The van der Waals surface area contributed by atoms with E-state index in [0.29, 0.717) is 16.9 Å². The molecular weight excluding hydrogens is 432 g/mol. The van der Waals surface area contributed by atoms with Gasteiger partial charge in [0.05, 0.1) is 26.4 Å². The highest BCUT2D eigenvalue weighted by molar-refractivity contribution is 8.00. The number of nitro benzene ring substituents is 1. The molecule has 2 aromatic carbocycles. The largest absolute Gasteiger partial charge is 0.480 e. The molecule has 4 rings (SSSR count). The van der Waals surface area contributed by atoms with Crippen molar-refractivity contribution in [2.45, 2.75) is 33.9 Å². The smallest absolute Gasteiger partial charge is 0.337 e. The van der Waals surface area contributed by atoms with Crippen LogP contribution in [0.3, 0.4) is 0 Å². The van der Waals surface area contributed by atoms with Gasteiger partial charge in [-0.25, -0.2) is 9.59 Å². The number of rotatable bonds is 5. The molecule has 0 saturated heterocycles. The Morgan fingerprint density at radius 3 is 2.57 bits per heavy atom. The fourth-order valence-electron chi connectivity index (χ4n) is 4.44. The summed E-state index contributed by atoms with van der Waals surface area (Å²) in [5.74, 6) is -3.00. The summed E-state index contributed by atoms with van der Waals surface area (Å²) in [6.45, 7) is 0. The Kier molecular flexibility index (Phi) is 5.33. The fourth-order valence-corrected chi connectivity index (χ4v) is 6.38. The van der Waals surface area contributed by atoms with Gasteiger partial charge in [0.2, 0.25) is 0 Å². The Hall–Kier alpha value is -2.78. The van der Waals surface area contributed by atoms with Crippen LogP contribution in [0.25, 0.3) is 0 Å². The molecule has 0 spiro atoms. The standard InChI is InChI=1S/C20H17ClN2O6S/c21-16-14(30-13-7-2-1-6-12(13)23(28)29)8-11-15(16)9-4-3-5-10(19(24)25)17(9)22-18(11)20(26)27/h1-7,11,14-16,18,22H,8H2,(H,24,25)(H,26,27)/t11-,14+,15-,16-,18+/m1/s1. The topological polar surface area (TPSA) is 130 Å². The molecule has 2 aliphatic rings. The molecule has 1 heterocycles. The number of alkyl halides is 1. The lowest BCUT2D eigenvalue weighted by Gasteiger charge is -2.36. The molecule has 0 bridgehead atoms. The molecule has 1 aliphatic carbocycles. The highest BCUT2D eigenvalue weighted by Gasteiger charge is 2.52. The number of benzene rings is 2. The minimum absolute atomic E-state index is 0.00383. The molecule has 1 saturated carbocycles. The number of nitro groups is 1. The number of nitrogens with zero attached hydrogens (tertiary/aromatic N) is 1. The number of nitrogens with one attached hydrogen (secondary N) is 1. The molecule has 156 valence electrons. The minimum Gasteiger partial charge on any atom is -0.480 e. The zero-order valence-corrected chi connectivity index (χ0v) is 17.0. The van der Waals surface area contributed by atoms with Crippen molar-refractivity contribution in [3.63, 3.8) is 0 Å². The quantitative estimate of drug-likeness (QED) is 0.355. The zero-order chi connectivity index (χ0) is 21.6. The normalized spacial score (nSPS) is 26.9. The van der Waals surface area contributed by atoms with Crippen molar-refractivity contribution < 1.29 is 24.7 Å². The molecule has 1 fully saturated rings. The Balaban J connectivity index is 1.73. The van der Waals surface area contributed by atoms with E-state index in [4.69, 9.17) is 11.6 Å². The van der Waals surface area contributed by atoms with E-state index in [1.165, 1.54) is 23.9 Å². The molecule has 2 aromatic rings. The average Bonchev–Trinajstić information content (AvgIpc) is 3.03. The van der Waals surface area contributed by atoms with Gasteiger partial charge < -0.3 is 15.5 Å². The number of carboxylic acid groups (broad SMARTS) is 2. The predicted octanol–water partition coefficient (Wildman–Crippen LogP) is 4.04. The second kappa shape index (κ2) is 7.81. The number of para-hydroxylation sites is 2. The number of carboxylic acids is 2. The first kappa shape index (κ1) is 20.5. The lowest BCUT2D eigenvalue weighted by atomic mass is 9.78. The maximum absolute atomic E-state index is 12.0. The molecule has 10 heteroatoms. The number of halogens is 1. The van der Waals surface area contributed by atoms with Crippen LogP contribution in [0.1, 0.15) is 28.3 Å². The Labute approximate surface area is 180 Å². The van der Waals surface area contributed by atoms with E-state index < -0.39 is 28.3 Å². The SMILES string of the molecule is O=C(O)c1cccc2c1N[C@H](C(=O)O)[C@@H]1C[C@H](Sc3ccccc3[N+](=O)[O-])[C@@H](Cl)[C@H]21. The van der Waals surface area contributed by atoms with E-state index in [1.807, 2.05) is 0 Å². The summed E-state index contributed by atoms with van der Waals surface area (Å²) in [5.41, 5.74) is 0.919. The van der Waals surface area contributed by atoms with Crippen LogP contribution in [0.15, 0.2) is 47.4 Å². The monoisotopic (exact) mass is 448 g/mol. The van der Waals surface area contributed by atoms with Gasteiger partial charge in [-0.1, -0.05) is 24.3 Å². The van der Waals surface area contributed by atoms with E-state index in [0.717, 1.165) is 0 Å². The Morgan fingerprint density at radius 1 is 1.17 bits per heavy atom. The van der Waals surface area contributed by atoms with Crippen LogP contribution in [-0.4, -0.2) is 43.7 Å². The number of hydrogen-bond donors (Lipinski definition) is 3. The van der Waals surface area contributed by atoms with Crippen LogP contribution in [0.2, 0.25) is 0 Å². The third-order valence-electron chi connectivity index (χ3n) is 5.68. The summed E-state index contributed by atoms with van der Waals surface area (Å²) in [6.07, 6.45) is 0.427. The van der Waals surface area contributed by atoms with Gasteiger partial charge in [-0.3, -0.25) is 10.1 Å². The van der Waals surface area contributed by atoms with Gasteiger partial charge in [0.15, 0.2) is 0 Å². The van der Waals surface area contributed by atoms with Crippen molar-refractivity contribution in [3.05, 3.63) is 63.7 Å². The van der Waals surface area contributed by atoms with Crippen molar-refractivity contribution in [1.82, 2.24) is 0 Å². The van der Waals surface area contributed by atoms with E-state index >= 15 is 0 Å². The van der Waals surface area contributed by atoms with Gasteiger partial charge in [-0.05, 0) is 30.0 Å². The maximum atomic E-state index is 12.0. The number of thioether (sulfide) groups is 1. The highest BCUT2D eigenvalue weighted by Crippen LogP contribution is 2.55. The lowest BCUT2D eigenvalue weighted by molar-refractivity contribution is -0.387. The summed E-state index contributed by atoms with van der Waals surface area (Å²) < 4.78 is 0. The second-order valence-electron chi connectivity index (χ2n) is 7.29. The van der Waals surface area contributed by atoms with Gasteiger partial charge in [0.1, 0.15) is 6.04 Å². The number of aromatic carboxylic acids is 1. The molecule has 3 N–H and O–H groups in total. The van der Waals surface area contributed by atoms with Crippen molar-refractivity contribution in [1.29, 1.82) is 0 Å². The molecule has 0 unspecified atom stereocenters. The number of aliphatic carboxylic acids is 1. The molecule has 0 aromatic heterocycles. The summed E-state index contributed by atoms with van der Waals surface area (Å²) in [7, 11) is 0. The number of carbonyl (C=O) groups is 2. The van der Waals surface area contributed by atoms with E-state index in [-0.39, 0.29) is 34.0 Å². The summed E-state index contributed by atoms with van der Waals surface area (Å²) in [4.78, 5) is 35.0. The van der Waals surface area contributed by atoms with E-state index in [9.17, 15) is 29.9 Å². The maximum Gasteiger partial charge on any atom is 0.337 e. The first-order valence-corrected chi connectivity index (χ1v) is 10.5. The molecule has 5 atom stereocenters. The molecule has 0 amide bonds. The first-order valence-electron chi connectivity index (χ1n) is 9.19. The van der Waals surface area contributed by atoms with Crippen LogP contribution >= 0.6 is 23.4 Å². The number of fused-ring (bicyclic) bond motifs is 3. The fraction of sp³-hybridized carbons (Fsp3) is 0.300. The summed E-state index contributed by atoms with van der Waals surface area (Å²) in [5, 5.41) is 32.7. The molecule has 0 radical (unpaired) electrons. The Morgan fingerprint density at radius 2 is 1.90 bits per heavy atom. The number of hydrogen-bond acceptors (Lipinski definition) is 6. The average molecular weight is 449 g/mol. The minimum atomic E-state index is -1.16. The summed E-state index contributed by atoms with van der Waals surface area (Å²) in [6, 6.07) is 10.2. The molecular formula is C20H17ClN2O6S. The van der Waals surface area contributed by atoms with E-state index in [1.54, 1.807) is 30.3 Å². The van der Waals surface area contributed by atoms with Gasteiger partial charge in [-0.15, -0.1) is 23.4 Å². The van der Waals surface area contributed by atoms with E-state index in [2.05, 4.69) is 5.32 Å². The van der Waals surface area contributed by atoms with Crippen molar-refractivity contribution in [3.8, 4) is 0 Å². The van der Waals surface area contributed by atoms with Gasteiger partial charge in [0.25, 0.3) is 5.69 Å². The first-order chi connectivity index (χ1) is 14.3.